The molecule has 326 valence electrons. The van der Waals surface area contributed by atoms with E-state index in [2.05, 4.69) is 16.4 Å². The Labute approximate surface area is 362 Å². The summed E-state index contributed by atoms with van der Waals surface area (Å²) in [5.41, 5.74) is 0.0313. The summed E-state index contributed by atoms with van der Waals surface area (Å²) in [6.45, 7) is 7.86. The highest BCUT2D eigenvalue weighted by Crippen LogP contribution is 2.51. The number of benzene rings is 4. The number of aromatic amines is 1. The van der Waals surface area contributed by atoms with E-state index in [1.54, 1.807) is 38.5 Å². The standard InChI is InChI=1S/C46H52N5O10P/c1-31(2)51(32(3)4)62(58-29-13-27-47)61-41-39(59-43(50-28-26-40(52)49-44(50)53)42(41)60-45(54)48-36-16-11-8-12-17-36)30-57-46(33-14-9-7-10-15-33,34-18-22-37(55-5)23-19-34)35-20-24-38(56-6)25-21-35/h7-12,14-26,28,31-32,39,41-43H,13,29-30H2,1-6H3,(H,48,54)(H,49,52,53)/t39-,41-,42-,43-,62?/m1/s1. The summed E-state index contributed by atoms with van der Waals surface area (Å²) in [5, 5.41) is 12.2. The Morgan fingerprint density at radius 2 is 1.40 bits per heavy atom. The van der Waals surface area contributed by atoms with Crippen molar-refractivity contribution in [2.75, 3.05) is 32.8 Å². The number of aromatic nitrogens is 2. The number of carbonyl (C=O) groups is 1. The number of methoxy groups -OCH3 is 2. The molecular weight excluding hydrogens is 814 g/mol. The molecule has 1 saturated heterocycles. The molecule has 4 aromatic carbocycles. The quantitative estimate of drug-likeness (QED) is 0.0470. The van der Waals surface area contributed by atoms with Crippen LogP contribution in [0.5, 0.6) is 11.5 Å². The van der Waals surface area contributed by atoms with E-state index in [0.717, 1.165) is 21.3 Å². The zero-order chi connectivity index (χ0) is 44.2. The van der Waals surface area contributed by atoms with Crippen LogP contribution in [-0.4, -0.2) is 78.1 Å². The highest BCUT2D eigenvalue weighted by atomic mass is 31.2. The van der Waals surface area contributed by atoms with Crippen molar-refractivity contribution in [2.45, 2.75) is 76.3 Å². The monoisotopic (exact) mass is 865 g/mol. The third-order valence-corrected chi connectivity index (χ3v) is 12.3. The average molecular weight is 866 g/mol. The van der Waals surface area contributed by atoms with Crippen molar-refractivity contribution in [3.05, 3.63) is 159 Å². The van der Waals surface area contributed by atoms with Crippen molar-refractivity contribution in [2.24, 2.45) is 0 Å². The van der Waals surface area contributed by atoms with Gasteiger partial charge in [-0.2, -0.15) is 5.26 Å². The molecule has 6 rings (SSSR count). The Bertz CT molecular complexity index is 2300. The Balaban J connectivity index is 1.51. The van der Waals surface area contributed by atoms with E-state index in [9.17, 15) is 19.6 Å². The average Bonchev–Trinajstić information content (AvgIpc) is 3.59. The first-order chi connectivity index (χ1) is 30.0. The number of para-hydroxylation sites is 1. The van der Waals surface area contributed by atoms with E-state index in [1.807, 2.05) is 117 Å². The molecule has 1 unspecified atom stereocenters. The SMILES string of the molecule is COc1ccc(C(OC[C@H]2O[C@@H](n3ccc(=O)[nH]c3=O)[C@H](OC(=O)Nc3ccccc3)[C@@H]2OP(OCCC#N)N(C(C)C)C(C)C)(c2ccccc2)c2ccc(OC)cc2)cc1. The Morgan fingerprint density at radius 1 is 0.839 bits per heavy atom. The minimum atomic E-state index is -1.97. The molecule has 5 aromatic rings. The topological polar surface area (TPSA) is 176 Å². The van der Waals surface area contributed by atoms with Gasteiger partial charge in [0.05, 0.1) is 39.9 Å². The summed E-state index contributed by atoms with van der Waals surface area (Å²) in [6, 6.07) is 36.7. The highest BCUT2D eigenvalue weighted by molar-refractivity contribution is 7.44. The Kier molecular flexibility index (Phi) is 15.7. The number of hydrogen-bond acceptors (Lipinski definition) is 12. The number of carbonyl (C=O) groups excluding carboxylic acids is 1. The van der Waals surface area contributed by atoms with E-state index in [-0.39, 0.29) is 31.7 Å². The van der Waals surface area contributed by atoms with Gasteiger partial charge in [-0.15, -0.1) is 0 Å². The second-order valence-corrected chi connectivity index (χ2v) is 16.3. The second-order valence-electron chi connectivity index (χ2n) is 14.9. The van der Waals surface area contributed by atoms with Gasteiger partial charge in [-0.05, 0) is 80.8 Å². The van der Waals surface area contributed by atoms with Gasteiger partial charge in [0.2, 0.25) is 0 Å². The van der Waals surface area contributed by atoms with Crippen LogP contribution in [0.2, 0.25) is 0 Å². The summed E-state index contributed by atoms with van der Waals surface area (Å²) in [7, 11) is 1.22. The molecular formula is C46H52N5O10P. The summed E-state index contributed by atoms with van der Waals surface area (Å²) >= 11 is 0. The molecule has 15 nitrogen and oxygen atoms in total. The molecule has 0 saturated carbocycles. The number of nitriles is 1. The van der Waals surface area contributed by atoms with E-state index in [1.165, 1.54) is 12.3 Å². The molecule has 1 aromatic heterocycles. The third-order valence-electron chi connectivity index (χ3n) is 10.2. The largest absolute Gasteiger partial charge is 0.497 e. The van der Waals surface area contributed by atoms with Gasteiger partial charge < -0.3 is 32.7 Å². The molecule has 5 atom stereocenters. The first kappa shape index (κ1) is 45.7. The lowest BCUT2D eigenvalue weighted by Crippen LogP contribution is -2.44. The number of ether oxygens (including phenoxy) is 5. The van der Waals surface area contributed by atoms with Crippen LogP contribution in [0.1, 0.15) is 57.0 Å². The van der Waals surface area contributed by atoms with Gasteiger partial charge in [-0.3, -0.25) is 19.7 Å². The minimum absolute atomic E-state index is 0.0573. The molecule has 2 N–H and O–H groups in total. The van der Waals surface area contributed by atoms with Gasteiger partial charge in [0.15, 0.2) is 12.3 Å². The lowest BCUT2D eigenvalue weighted by Gasteiger charge is -2.39. The van der Waals surface area contributed by atoms with E-state index < -0.39 is 56.0 Å². The molecule has 0 aliphatic carbocycles. The van der Waals surface area contributed by atoms with Crippen molar-refractivity contribution in [3.8, 4) is 17.6 Å². The molecule has 1 aliphatic rings. The second kappa shape index (κ2) is 21.3. The van der Waals surface area contributed by atoms with E-state index >= 15 is 0 Å². The van der Waals surface area contributed by atoms with Crippen LogP contribution in [0.15, 0.2) is 131 Å². The van der Waals surface area contributed by atoms with Gasteiger partial charge in [0.1, 0.15) is 29.3 Å². The molecule has 1 amide bonds. The van der Waals surface area contributed by atoms with Crippen LogP contribution >= 0.6 is 8.53 Å². The Morgan fingerprint density at radius 3 is 1.94 bits per heavy atom. The number of nitrogens with one attached hydrogen (secondary N) is 2. The first-order valence-electron chi connectivity index (χ1n) is 20.2. The predicted octanol–water partition coefficient (Wildman–Crippen LogP) is 7.74. The number of H-pyrrole nitrogens is 1. The minimum Gasteiger partial charge on any atom is -0.497 e. The molecule has 62 heavy (non-hydrogen) atoms. The van der Waals surface area contributed by atoms with E-state index in [4.69, 9.17) is 32.7 Å². The molecule has 1 aliphatic heterocycles. The van der Waals surface area contributed by atoms with Crippen LogP contribution in [-0.2, 0) is 28.9 Å². The first-order valence-corrected chi connectivity index (χ1v) is 21.3. The fourth-order valence-electron chi connectivity index (χ4n) is 7.42. The number of anilines is 1. The summed E-state index contributed by atoms with van der Waals surface area (Å²) in [6.07, 6.45) is -4.34. The van der Waals surface area contributed by atoms with Gasteiger partial charge in [-0.25, -0.2) is 14.3 Å². The highest BCUT2D eigenvalue weighted by Gasteiger charge is 2.53. The maximum absolute atomic E-state index is 13.8. The molecule has 0 bridgehead atoms. The van der Waals surface area contributed by atoms with Crippen LogP contribution < -0.4 is 26.0 Å². The van der Waals surface area contributed by atoms with E-state index in [0.29, 0.717) is 17.2 Å². The van der Waals surface area contributed by atoms with Crippen molar-refractivity contribution in [3.63, 3.8) is 0 Å². The zero-order valence-corrected chi connectivity index (χ0v) is 36.4. The third kappa shape index (κ3) is 10.6. The summed E-state index contributed by atoms with van der Waals surface area (Å²) in [5.74, 6) is 1.29. The smallest absolute Gasteiger partial charge is 0.412 e. The van der Waals surface area contributed by atoms with Gasteiger partial charge in [0.25, 0.3) is 14.1 Å². The van der Waals surface area contributed by atoms with Crippen LogP contribution in [0.3, 0.4) is 0 Å². The lowest BCUT2D eigenvalue weighted by atomic mass is 9.80. The molecule has 1 fully saturated rings. The van der Waals surface area contributed by atoms with Gasteiger partial charge >= 0.3 is 11.8 Å². The fraction of sp³-hybridized carbons (Fsp3) is 0.348. The normalized spacial score (nSPS) is 18.1. The molecule has 0 radical (unpaired) electrons. The van der Waals surface area contributed by atoms with Crippen LogP contribution in [0.4, 0.5) is 10.5 Å². The van der Waals surface area contributed by atoms with Gasteiger partial charge in [-0.1, -0.05) is 72.8 Å². The maximum atomic E-state index is 13.8. The van der Waals surface area contributed by atoms with Crippen molar-refractivity contribution in [1.29, 1.82) is 5.26 Å². The lowest BCUT2D eigenvalue weighted by molar-refractivity contribution is -0.0947. The maximum Gasteiger partial charge on any atom is 0.412 e. The van der Waals surface area contributed by atoms with Crippen molar-refractivity contribution < 1.29 is 37.5 Å². The fourth-order valence-corrected chi connectivity index (χ4v) is 9.19. The number of amides is 1. The van der Waals surface area contributed by atoms with Gasteiger partial charge in [0, 0.05) is 30.0 Å². The summed E-state index contributed by atoms with van der Waals surface area (Å²) < 4.78 is 47.9. The molecule has 16 heteroatoms. The Hall–Kier alpha value is -5.85. The van der Waals surface area contributed by atoms with Crippen molar-refractivity contribution >= 4 is 20.3 Å². The number of rotatable bonds is 19. The zero-order valence-electron chi connectivity index (χ0n) is 35.5. The summed E-state index contributed by atoms with van der Waals surface area (Å²) in [4.78, 5) is 42.0. The predicted molar refractivity (Wildman–Crippen MR) is 234 cm³/mol. The van der Waals surface area contributed by atoms with Crippen molar-refractivity contribution in [1.82, 2.24) is 14.2 Å². The number of hydrogen-bond donors (Lipinski definition) is 2. The van der Waals surface area contributed by atoms with Crippen LogP contribution in [0, 0.1) is 11.3 Å². The molecule has 0 spiro atoms. The molecule has 2 heterocycles. The number of nitrogens with zero attached hydrogens (tertiary/aromatic N) is 3. The van der Waals surface area contributed by atoms with Crippen LogP contribution in [0.25, 0.3) is 0 Å².